The molecule has 0 saturated carbocycles. The maximum atomic E-state index is 5.44. The third-order valence-electron chi connectivity index (χ3n) is 4.61. The van der Waals surface area contributed by atoms with Gasteiger partial charge in [-0.15, -0.1) is 0 Å². The molecule has 0 saturated heterocycles. The van der Waals surface area contributed by atoms with Crippen LogP contribution in [0.4, 0.5) is 11.4 Å². The van der Waals surface area contributed by atoms with Crippen LogP contribution < -0.4 is 20.4 Å². The molecule has 0 spiro atoms. The van der Waals surface area contributed by atoms with Crippen molar-refractivity contribution in [3.8, 4) is 5.75 Å². The Balaban J connectivity index is 1.54. The number of thiocarbonyl (C=S) groups is 1. The summed E-state index contributed by atoms with van der Waals surface area (Å²) in [5, 5.41) is 7.83. The van der Waals surface area contributed by atoms with Crippen molar-refractivity contribution in [2.24, 2.45) is 5.10 Å². The molecule has 3 rings (SSSR count). The van der Waals surface area contributed by atoms with Gasteiger partial charge in [-0.3, -0.25) is 5.43 Å². The summed E-state index contributed by atoms with van der Waals surface area (Å²) in [6.07, 6.45) is 5.32. The molecule has 28 heavy (non-hydrogen) atoms. The number of hydrazone groups is 1. The lowest BCUT2D eigenvalue weighted by Gasteiger charge is -2.31. The number of benzene rings is 2. The summed E-state index contributed by atoms with van der Waals surface area (Å²) in [4.78, 5) is 2.48. The quantitative estimate of drug-likeness (QED) is 0.408. The van der Waals surface area contributed by atoms with Gasteiger partial charge in [0.05, 0.1) is 12.8 Å². The van der Waals surface area contributed by atoms with Crippen molar-refractivity contribution in [3.63, 3.8) is 0 Å². The minimum Gasteiger partial charge on any atom is -0.494 e. The van der Waals surface area contributed by atoms with Crippen LogP contribution >= 0.6 is 12.2 Å². The summed E-state index contributed by atoms with van der Waals surface area (Å²) in [6.45, 7) is 7.12. The molecule has 2 aromatic carbocycles. The molecule has 0 radical (unpaired) electrons. The van der Waals surface area contributed by atoms with Crippen LogP contribution in [0.15, 0.2) is 47.6 Å². The molecular weight excluding hydrogens is 368 g/mol. The number of nitrogens with zero attached hydrogens (tertiary/aromatic N) is 2. The highest BCUT2D eigenvalue weighted by Crippen LogP contribution is 2.27. The van der Waals surface area contributed by atoms with Gasteiger partial charge in [-0.1, -0.05) is 13.0 Å². The number of aryl methyl sites for hydroxylation is 1. The first kappa shape index (κ1) is 20.1. The average Bonchev–Trinajstić information content (AvgIpc) is 2.70. The average molecular weight is 397 g/mol. The molecule has 5 nitrogen and oxygen atoms in total. The predicted octanol–water partition coefficient (Wildman–Crippen LogP) is 4.57. The Bertz CT molecular complexity index is 820. The highest BCUT2D eigenvalue weighted by atomic mass is 32.1. The zero-order valence-electron chi connectivity index (χ0n) is 16.6. The van der Waals surface area contributed by atoms with Crippen LogP contribution in [0.1, 0.15) is 37.8 Å². The van der Waals surface area contributed by atoms with E-state index in [1.54, 1.807) is 0 Å². The van der Waals surface area contributed by atoms with E-state index >= 15 is 0 Å². The van der Waals surface area contributed by atoms with Crippen molar-refractivity contribution < 1.29 is 4.74 Å². The van der Waals surface area contributed by atoms with E-state index in [-0.39, 0.29) is 0 Å². The van der Waals surface area contributed by atoms with E-state index in [1.807, 2.05) is 37.4 Å². The number of hydrogen-bond donors (Lipinski definition) is 2. The van der Waals surface area contributed by atoms with Gasteiger partial charge in [0, 0.05) is 24.5 Å². The van der Waals surface area contributed by atoms with Crippen LogP contribution in [-0.2, 0) is 6.42 Å². The summed E-state index contributed by atoms with van der Waals surface area (Å²) < 4.78 is 5.44. The van der Waals surface area contributed by atoms with E-state index in [2.05, 4.69) is 45.9 Å². The summed E-state index contributed by atoms with van der Waals surface area (Å²) in [5.41, 5.74) is 7.61. The molecule has 1 heterocycles. The van der Waals surface area contributed by atoms with Gasteiger partial charge in [0.25, 0.3) is 0 Å². The fourth-order valence-corrected chi connectivity index (χ4v) is 3.57. The highest BCUT2D eigenvalue weighted by Gasteiger charge is 2.15. The summed E-state index contributed by atoms with van der Waals surface area (Å²) in [7, 11) is 0. The molecule has 0 aliphatic carbocycles. The number of hydrogen-bond acceptors (Lipinski definition) is 4. The third kappa shape index (κ3) is 5.45. The maximum Gasteiger partial charge on any atom is 0.191 e. The molecule has 0 bridgehead atoms. The normalized spacial score (nSPS) is 13.3. The van der Waals surface area contributed by atoms with Crippen molar-refractivity contribution >= 4 is 34.9 Å². The molecule has 0 unspecified atom stereocenters. The minimum atomic E-state index is 0.451. The fourth-order valence-electron chi connectivity index (χ4n) is 3.40. The molecule has 0 atom stereocenters. The lowest BCUT2D eigenvalue weighted by atomic mass is 9.99. The summed E-state index contributed by atoms with van der Waals surface area (Å²) in [5.74, 6) is 0.842. The number of fused-ring (bicyclic) bond motifs is 1. The topological polar surface area (TPSA) is 48.9 Å². The monoisotopic (exact) mass is 396 g/mol. The largest absolute Gasteiger partial charge is 0.494 e. The maximum absolute atomic E-state index is 5.44. The molecule has 2 aromatic rings. The molecule has 148 valence electrons. The van der Waals surface area contributed by atoms with E-state index in [0.29, 0.717) is 11.7 Å². The van der Waals surface area contributed by atoms with Crippen LogP contribution in [0.25, 0.3) is 0 Å². The van der Waals surface area contributed by atoms with Gasteiger partial charge < -0.3 is 15.0 Å². The third-order valence-corrected chi connectivity index (χ3v) is 4.81. The Morgan fingerprint density at radius 1 is 1.21 bits per heavy atom. The Hall–Kier alpha value is -2.60. The molecule has 1 aliphatic heterocycles. The molecule has 0 fully saturated rings. The lowest BCUT2D eigenvalue weighted by molar-refractivity contribution is 0.340. The van der Waals surface area contributed by atoms with Gasteiger partial charge in [-0.05, 0) is 85.9 Å². The highest BCUT2D eigenvalue weighted by molar-refractivity contribution is 7.80. The minimum absolute atomic E-state index is 0.451. The fraction of sp³-hybridized carbons (Fsp3) is 0.364. The van der Waals surface area contributed by atoms with Crippen molar-refractivity contribution in [3.05, 3.63) is 53.6 Å². The standard InChI is InChI=1S/C22H28N4OS/c1-3-13-26-14-5-6-18-15-17(7-12-21(18)26)16-23-25-22(28)24-19-8-10-20(11-9-19)27-4-2/h7-12,15-16H,3-6,13-14H2,1-2H3,(H2,24,25,28). The van der Waals surface area contributed by atoms with Crippen LogP contribution in [0.3, 0.4) is 0 Å². The van der Waals surface area contributed by atoms with Crippen molar-refractivity contribution in [2.75, 3.05) is 29.9 Å². The summed E-state index contributed by atoms with van der Waals surface area (Å²) in [6, 6.07) is 14.2. The SMILES string of the molecule is CCCN1CCCc2cc(C=NNC(=S)Nc3ccc(OCC)cc3)ccc21. The zero-order valence-corrected chi connectivity index (χ0v) is 17.4. The van der Waals surface area contributed by atoms with Gasteiger partial charge in [0.1, 0.15) is 5.75 Å². The van der Waals surface area contributed by atoms with Crippen molar-refractivity contribution in [2.45, 2.75) is 33.1 Å². The second-order valence-corrected chi connectivity index (χ2v) is 7.17. The van der Waals surface area contributed by atoms with Crippen LogP contribution in [0.5, 0.6) is 5.75 Å². The Kier molecular flexibility index (Phi) is 7.25. The zero-order chi connectivity index (χ0) is 19.8. The molecule has 0 aromatic heterocycles. The summed E-state index contributed by atoms with van der Waals surface area (Å²) >= 11 is 5.30. The van der Waals surface area contributed by atoms with E-state index in [0.717, 1.165) is 36.5 Å². The molecule has 6 heteroatoms. The van der Waals surface area contributed by atoms with Crippen LogP contribution in [0, 0.1) is 0 Å². The van der Waals surface area contributed by atoms with Gasteiger partial charge in [0.15, 0.2) is 5.11 Å². The van der Waals surface area contributed by atoms with Gasteiger partial charge in [-0.25, -0.2) is 0 Å². The number of nitrogens with one attached hydrogen (secondary N) is 2. The molecule has 1 aliphatic rings. The van der Waals surface area contributed by atoms with Crippen molar-refractivity contribution in [1.29, 1.82) is 0 Å². The smallest absolute Gasteiger partial charge is 0.191 e. The first-order chi connectivity index (χ1) is 13.7. The first-order valence-corrected chi connectivity index (χ1v) is 10.3. The first-order valence-electron chi connectivity index (χ1n) is 9.90. The Morgan fingerprint density at radius 2 is 2.04 bits per heavy atom. The molecular formula is C22H28N4OS. The van der Waals surface area contributed by atoms with E-state index < -0.39 is 0 Å². The van der Waals surface area contributed by atoms with Crippen LogP contribution in [0.2, 0.25) is 0 Å². The second-order valence-electron chi connectivity index (χ2n) is 6.76. The van der Waals surface area contributed by atoms with Crippen LogP contribution in [-0.4, -0.2) is 31.0 Å². The lowest BCUT2D eigenvalue weighted by Crippen LogP contribution is -2.30. The van der Waals surface area contributed by atoms with E-state index in [9.17, 15) is 0 Å². The van der Waals surface area contributed by atoms with Gasteiger partial charge in [0.2, 0.25) is 0 Å². The molecule has 0 amide bonds. The van der Waals surface area contributed by atoms with Gasteiger partial charge >= 0.3 is 0 Å². The number of anilines is 2. The number of ether oxygens (including phenoxy) is 1. The van der Waals surface area contributed by atoms with Gasteiger partial charge in [-0.2, -0.15) is 5.10 Å². The molecule has 2 N–H and O–H groups in total. The number of rotatable bonds is 7. The second kappa shape index (κ2) is 10.1. The van der Waals surface area contributed by atoms with E-state index in [4.69, 9.17) is 17.0 Å². The van der Waals surface area contributed by atoms with Crippen molar-refractivity contribution in [1.82, 2.24) is 5.43 Å². The van der Waals surface area contributed by atoms with E-state index in [1.165, 1.54) is 24.1 Å². The Labute approximate surface area is 172 Å². The Morgan fingerprint density at radius 3 is 2.79 bits per heavy atom. The predicted molar refractivity (Wildman–Crippen MR) is 122 cm³/mol.